The molecule has 3 amide bonds. The van der Waals surface area contributed by atoms with Gasteiger partial charge in [-0.25, -0.2) is 9.59 Å². The number of para-hydroxylation sites is 1. The Morgan fingerprint density at radius 2 is 1.89 bits per heavy atom. The van der Waals surface area contributed by atoms with Gasteiger partial charge in [0.1, 0.15) is 5.76 Å². The number of carbonyl (C=O) groups excluding carboxylic acids is 3. The Kier molecular flexibility index (Phi) is 5.80. The van der Waals surface area contributed by atoms with Crippen LogP contribution in [-0.2, 0) is 16.1 Å². The highest BCUT2D eigenvalue weighted by molar-refractivity contribution is 5.96. The van der Waals surface area contributed by atoms with Crippen molar-refractivity contribution in [2.24, 2.45) is 0 Å². The first kappa shape index (κ1) is 18.8. The van der Waals surface area contributed by atoms with Crippen LogP contribution in [0.15, 0.2) is 53.1 Å². The molecule has 28 heavy (non-hydrogen) atoms. The van der Waals surface area contributed by atoms with Crippen LogP contribution in [0.25, 0.3) is 5.69 Å². The minimum absolute atomic E-state index is 0.0149. The molecule has 0 saturated heterocycles. The monoisotopic (exact) mass is 383 g/mol. The number of esters is 1. The topological polar surface area (TPSA) is 128 Å². The molecule has 0 aliphatic carbocycles. The normalized spacial score (nSPS) is 10.3. The van der Waals surface area contributed by atoms with Gasteiger partial charge in [0.2, 0.25) is 0 Å². The Labute approximate surface area is 159 Å². The van der Waals surface area contributed by atoms with Gasteiger partial charge in [-0.3, -0.25) is 10.1 Å². The number of nitrogens with zero attached hydrogens (tertiary/aromatic N) is 3. The lowest BCUT2D eigenvalue weighted by molar-refractivity contribution is -0.123. The van der Waals surface area contributed by atoms with Crippen molar-refractivity contribution in [3.8, 4) is 5.69 Å². The number of furan rings is 1. The molecule has 0 fully saturated rings. The van der Waals surface area contributed by atoms with Crippen LogP contribution in [0.4, 0.5) is 4.79 Å². The maximum atomic E-state index is 12.2. The van der Waals surface area contributed by atoms with E-state index in [9.17, 15) is 14.4 Å². The van der Waals surface area contributed by atoms with Gasteiger partial charge in [0.15, 0.2) is 12.3 Å². The number of imide groups is 1. The average Bonchev–Trinajstić information content (AvgIpc) is 3.35. The SMILES string of the molecule is Cc1nn(-c2ccccc2)nc1C(=O)OCC(=O)NC(=O)NCc1ccco1. The van der Waals surface area contributed by atoms with E-state index in [1.54, 1.807) is 31.2 Å². The summed E-state index contributed by atoms with van der Waals surface area (Å²) < 4.78 is 9.96. The van der Waals surface area contributed by atoms with Crippen LogP contribution in [0.1, 0.15) is 21.9 Å². The van der Waals surface area contributed by atoms with Gasteiger partial charge in [-0.05, 0) is 31.2 Å². The number of carbonyl (C=O) groups is 3. The predicted molar refractivity (Wildman–Crippen MR) is 95.5 cm³/mol. The molecular formula is C18H17N5O5. The number of nitrogens with one attached hydrogen (secondary N) is 2. The van der Waals surface area contributed by atoms with E-state index in [4.69, 9.17) is 9.15 Å². The molecule has 10 nitrogen and oxygen atoms in total. The standard InChI is InChI=1S/C18H17N5O5/c1-12-16(22-23(21-12)13-6-3-2-4-7-13)17(25)28-11-15(24)20-18(26)19-10-14-8-5-9-27-14/h2-9H,10-11H2,1H3,(H2,19,20,24,26). The van der Waals surface area contributed by atoms with Gasteiger partial charge in [-0.15, -0.1) is 5.10 Å². The molecule has 0 atom stereocenters. The van der Waals surface area contributed by atoms with Crippen molar-refractivity contribution >= 4 is 17.9 Å². The molecule has 0 spiro atoms. The lowest BCUT2D eigenvalue weighted by Gasteiger charge is -2.06. The van der Waals surface area contributed by atoms with Gasteiger partial charge in [0, 0.05) is 0 Å². The fourth-order valence-corrected chi connectivity index (χ4v) is 2.23. The number of urea groups is 1. The zero-order valence-corrected chi connectivity index (χ0v) is 14.9. The molecule has 2 aromatic heterocycles. The summed E-state index contributed by atoms with van der Waals surface area (Å²) in [7, 11) is 0. The summed E-state index contributed by atoms with van der Waals surface area (Å²) in [6.45, 7) is 1.09. The summed E-state index contributed by atoms with van der Waals surface area (Å²) in [4.78, 5) is 36.8. The average molecular weight is 383 g/mol. The van der Waals surface area contributed by atoms with E-state index in [1.807, 2.05) is 23.5 Å². The summed E-state index contributed by atoms with van der Waals surface area (Å²) in [5.74, 6) is -1.06. The molecule has 3 rings (SSSR count). The number of aryl methyl sites for hydroxylation is 1. The third kappa shape index (κ3) is 4.81. The number of ether oxygens (including phenoxy) is 1. The van der Waals surface area contributed by atoms with Crippen molar-refractivity contribution in [3.63, 3.8) is 0 Å². The maximum absolute atomic E-state index is 12.2. The van der Waals surface area contributed by atoms with Crippen molar-refractivity contribution in [2.75, 3.05) is 6.61 Å². The molecule has 2 heterocycles. The molecular weight excluding hydrogens is 366 g/mol. The Bertz CT molecular complexity index is 966. The molecule has 3 aromatic rings. The highest BCUT2D eigenvalue weighted by Crippen LogP contribution is 2.09. The molecule has 144 valence electrons. The molecule has 2 N–H and O–H groups in total. The van der Waals surface area contributed by atoms with E-state index in [2.05, 4.69) is 15.5 Å². The molecule has 0 radical (unpaired) electrons. The van der Waals surface area contributed by atoms with Crippen LogP contribution >= 0.6 is 0 Å². The van der Waals surface area contributed by atoms with Gasteiger partial charge >= 0.3 is 12.0 Å². The number of aromatic nitrogens is 3. The lowest BCUT2D eigenvalue weighted by atomic mass is 10.3. The van der Waals surface area contributed by atoms with Crippen LogP contribution in [-0.4, -0.2) is 39.5 Å². The van der Waals surface area contributed by atoms with E-state index in [0.29, 0.717) is 17.1 Å². The second-order valence-corrected chi connectivity index (χ2v) is 5.65. The number of amides is 3. The van der Waals surface area contributed by atoms with E-state index in [1.165, 1.54) is 11.1 Å². The van der Waals surface area contributed by atoms with E-state index in [0.717, 1.165) is 0 Å². The third-order valence-electron chi connectivity index (χ3n) is 3.55. The number of hydrogen-bond acceptors (Lipinski definition) is 7. The van der Waals surface area contributed by atoms with Gasteiger partial charge in [0.05, 0.1) is 24.2 Å². The first-order valence-electron chi connectivity index (χ1n) is 8.29. The van der Waals surface area contributed by atoms with Gasteiger partial charge in [-0.1, -0.05) is 18.2 Å². The molecule has 0 unspecified atom stereocenters. The minimum Gasteiger partial charge on any atom is -0.467 e. The van der Waals surface area contributed by atoms with Crippen LogP contribution in [0.3, 0.4) is 0 Å². The third-order valence-corrected chi connectivity index (χ3v) is 3.55. The van der Waals surface area contributed by atoms with Crippen LogP contribution in [0.2, 0.25) is 0 Å². The van der Waals surface area contributed by atoms with Crippen molar-refractivity contribution < 1.29 is 23.5 Å². The number of rotatable bonds is 6. The zero-order valence-electron chi connectivity index (χ0n) is 14.9. The predicted octanol–water partition coefficient (Wildman–Crippen LogP) is 1.35. The summed E-state index contributed by atoms with van der Waals surface area (Å²) in [5, 5.41) is 12.7. The quantitative estimate of drug-likeness (QED) is 0.615. The van der Waals surface area contributed by atoms with Crippen molar-refractivity contribution in [3.05, 3.63) is 65.9 Å². The van der Waals surface area contributed by atoms with Gasteiger partial charge in [0.25, 0.3) is 5.91 Å². The molecule has 10 heteroatoms. The first-order valence-corrected chi connectivity index (χ1v) is 8.29. The van der Waals surface area contributed by atoms with E-state index < -0.39 is 24.5 Å². The fraction of sp³-hybridized carbons (Fsp3) is 0.167. The second kappa shape index (κ2) is 8.62. The maximum Gasteiger partial charge on any atom is 0.361 e. The second-order valence-electron chi connectivity index (χ2n) is 5.65. The largest absolute Gasteiger partial charge is 0.467 e. The fourth-order valence-electron chi connectivity index (χ4n) is 2.23. The lowest BCUT2D eigenvalue weighted by Crippen LogP contribution is -2.41. The molecule has 0 saturated carbocycles. The Morgan fingerprint density at radius 3 is 2.61 bits per heavy atom. The summed E-state index contributed by atoms with van der Waals surface area (Å²) in [6, 6.07) is 11.7. The van der Waals surface area contributed by atoms with E-state index in [-0.39, 0.29) is 12.2 Å². The van der Waals surface area contributed by atoms with Crippen molar-refractivity contribution in [2.45, 2.75) is 13.5 Å². The Hall–Kier alpha value is -3.95. The Balaban J connectivity index is 1.49. The van der Waals surface area contributed by atoms with Crippen molar-refractivity contribution in [1.29, 1.82) is 0 Å². The highest BCUT2D eigenvalue weighted by atomic mass is 16.5. The zero-order chi connectivity index (χ0) is 19.9. The molecule has 0 aliphatic heterocycles. The first-order chi connectivity index (χ1) is 13.5. The highest BCUT2D eigenvalue weighted by Gasteiger charge is 2.19. The van der Waals surface area contributed by atoms with Crippen molar-refractivity contribution in [1.82, 2.24) is 25.6 Å². The summed E-state index contributed by atoms with van der Waals surface area (Å²) in [5.41, 5.74) is 1.01. The number of benzene rings is 1. The van der Waals surface area contributed by atoms with Crippen LogP contribution in [0, 0.1) is 6.92 Å². The number of hydrogen-bond donors (Lipinski definition) is 2. The Morgan fingerprint density at radius 1 is 1.11 bits per heavy atom. The minimum atomic E-state index is -0.814. The summed E-state index contributed by atoms with van der Waals surface area (Å²) >= 11 is 0. The molecule has 0 aliphatic rings. The smallest absolute Gasteiger partial charge is 0.361 e. The summed E-state index contributed by atoms with van der Waals surface area (Å²) in [6.07, 6.45) is 1.47. The molecule has 1 aromatic carbocycles. The van der Waals surface area contributed by atoms with Gasteiger partial charge in [-0.2, -0.15) is 9.90 Å². The molecule has 0 bridgehead atoms. The van der Waals surface area contributed by atoms with Crippen LogP contribution < -0.4 is 10.6 Å². The van der Waals surface area contributed by atoms with Crippen LogP contribution in [0.5, 0.6) is 0 Å². The van der Waals surface area contributed by atoms with Gasteiger partial charge < -0.3 is 14.5 Å². The van der Waals surface area contributed by atoms with E-state index >= 15 is 0 Å².